The smallest absolute Gasteiger partial charge is 0.405 e. The number of hydrogen-bond donors (Lipinski definition) is 1. The van der Waals surface area contributed by atoms with Gasteiger partial charge in [-0.1, -0.05) is 0 Å². The predicted octanol–water partition coefficient (Wildman–Crippen LogP) is 1.74. The maximum atomic E-state index is 12.2. The van der Waals surface area contributed by atoms with Crippen LogP contribution in [0.4, 0.5) is 18.9 Å². The van der Waals surface area contributed by atoms with Gasteiger partial charge in [0.1, 0.15) is 6.54 Å². The van der Waals surface area contributed by atoms with E-state index >= 15 is 0 Å². The van der Waals surface area contributed by atoms with Gasteiger partial charge in [0.25, 0.3) is 0 Å². The van der Waals surface area contributed by atoms with Gasteiger partial charge in [0.2, 0.25) is 11.8 Å². The summed E-state index contributed by atoms with van der Waals surface area (Å²) in [5, 5.41) is 1.81. The first-order valence-electron chi connectivity index (χ1n) is 7.12. The summed E-state index contributed by atoms with van der Waals surface area (Å²) >= 11 is 0. The molecule has 0 spiro atoms. The lowest BCUT2D eigenvalue weighted by Gasteiger charge is -2.18. The van der Waals surface area contributed by atoms with Crippen molar-refractivity contribution >= 4 is 17.5 Å². The number of alkyl halides is 3. The second-order valence-corrected chi connectivity index (χ2v) is 5.28. The number of carbonyl (C=O) groups is 2. The fraction of sp³-hybridized carbons (Fsp3) is 0.467. The van der Waals surface area contributed by atoms with E-state index in [2.05, 4.69) is 0 Å². The number of methoxy groups -OCH3 is 2. The van der Waals surface area contributed by atoms with Crippen molar-refractivity contribution in [1.29, 1.82) is 0 Å². The van der Waals surface area contributed by atoms with Crippen molar-refractivity contribution in [2.75, 3.05) is 32.2 Å². The molecule has 132 valence electrons. The minimum Gasteiger partial charge on any atom is -0.493 e. The van der Waals surface area contributed by atoms with Crippen LogP contribution in [-0.4, -0.2) is 45.3 Å². The van der Waals surface area contributed by atoms with Crippen molar-refractivity contribution in [2.24, 2.45) is 5.92 Å². The van der Waals surface area contributed by atoms with Crippen LogP contribution in [0.1, 0.15) is 6.42 Å². The van der Waals surface area contributed by atoms with Gasteiger partial charge in [0, 0.05) is 24.7 Å². The first-order valence-corrected chi connectivity index (χ1v) is 7.12. The number of carbonyl (C=O) groups excluding carboxylic acids is 2. The fourth-order valence-electron chi connectivity index (χ4n) is 2.46. The van der Waals surface area contributed by atoms with Crippen LogP contribution in [0.15, 0.2) is 18.2 Å². The van der Waals surface area contributed by atoms with Crippen molar-refractivity contribution in [1.82, 2.24) is 5.32 Å². The van der Waals surface area contributed by atoms with E-state index in [4.69, 9.17) is 9.47 Å². The minimum absolute atomic E-state index is 0.0119. The van der Waals surface area contributed by atoms with E-state index in [9.17, 15) is 22.8 Å². The summed E-state index contributed by atoms with van der Waals surface area (Å²) in [7, 11) is 2.92. The maximum absolute atomic E-state index is 12.2. The van der Waals surface area contributed by atoms with Gasteiger partial charge >= 0.3 is 6.18 Å². The predicted molar refractivity (Wildman–Crippen MR) is 79.1 cm³/mol. The van der Waals surface area contributed by atoms with Gasteiger partial charge in [-0.25, -0.2) is 0 Å². The minimum atomic E-state index is -4.48. The zero-order valence-corrected chi connectivity index (χ0v) is 13.1. The van der Waals surface area contributed by atoms with E-state index in [1.807, 2.05) is 5.32 Å². The molecule has 0 saturated carbocycles. The molecule has 0 unspecified atom stereocenters. The quantitative estimate of drug-likeness (QED) is 0.882. The summed E-state index contributed by atoms with van der Waals surface area (Å²) in [6, 6.07) is 4.81. The Labute approximate surface area is 136 Å². The van der Waals surface area contributed by atoms with Crippen LogP contribution in [-0.2, 0) is 9.59 Å². The third-order valence-corrected chi connectivity index (χ3v) is 3.64. The van der Waals surface area contributed by atoms with Gasteiger partial charge in [0.15, 0.2) is 11.5 Å². The van der Waals surface area contributed by atoms with E-state index in [0.717, 1.165) is 0 Å². The van der Waals surface area contributed by atoms with Gasteiger partial charge in [-0.3, -0.25) is 9.59 Å². The lowest BCUT2D eigenvalue weighted by atomic mass is 10.1. The molecule has 2 rings (SSSR count). The molecular weight excluding hydrogens is 329 g/mol. The fourth-order valence-corrected chi connectivity index (χ4v) is 2.46. The number of halogens is 3. The molecule has 1 aromatic rings. The van der Waals surface area contributed by atoms with E-state index in [-0.39, 0.29) is 18.9 Å². The summed E-state index contributed by atoms with van der Waals surface area (Å²) in [6.45, 7) is -1.40. The maximum Gasteiger partial charge on any atom is 0.405 e. The third kappa shape index (κ3) is 4.09. The largest absolute Gasteiger partial charge is 0.493 e. The second kappa shape index (κ2) is 6.98. The number of hydrogen-bond acceptors (Lipinski definition) is 4. The highest BCUT2D eigenvalue weighted by molar-refractivity contribution is 6.00. The Bertz CT molecular complexity index is 634. The first-order chi connectivity index (χ1) is 11.2. The Hall–Kier alpha value is -2.45. The standard InChI is InChI=1S/C15H17F3N2O4/c1-23-11-4-3-10(6-12(11)24-2)20-7-9(5-13(20)21)14(22)19-8-15(16,17)18/h3-4,6,9H,5,7-8H2,1-2H3,(H,19,22)/t9-/m0/s1. The molecule has 1 aliphatic heterocycles. The Kier molecular flexibility index (Phi) is 5.20. The molecule has 24 heavy (non-hydrogen) atoms. The molecule has 1 saturated heterocycles. The van der Waals surface area contributed by atoms with Crippen molar-refractivity contribution in [3.8, 4) is 11.5 Å². The molecule has 0 radical (unpaired) electrons. The molecule has 1 N–H and O–H groups in total. The number of anilines is 1. The van der Waals surface area contributed by atoms with Crippen LogP contribution in [0.25, 0.3) is 0 Å². The number of rotatable bonds is 5. The summed E-state index contributed by atoms with van der Waals surface area (Å²) in [6.07, 6.45) is -4.63. The van der Waals surface area contributed by atoms with Crippen LogP contribution in [0.5, 0.6) is 11.5 Å². The lowest BCUT2D eigenvalue weighted by molar-refractivity contribution is -0.140. The highest BCUT2D eigenvalue weighted by Crippen LogP contribution is 2.34. The van der Waals surface area contributed by atoms with Gasteiger partial charge in [-0.2, -0.15) is 13.2 Å². The molecule has 1 aromatic carbocycles. The van der Waals surface area contributed by atoms with Crippen LogP contribution >= 0.6 is 0 Å². The monoisotopic (exact) mass is 346 g/mol. The Morgan fingerprint density at radius 1 is 1.29 bits per heavy atom. The summed E-state index contributed by atoms with van der Waals surface area (Å²) in [5.74, 6) is -1.06. The second-order valence-electron chi connectivity index (χ2n) is 5.28. The molecule has 1 aliphatic rings. The van der Waals surface area contributed by atoms with Crippen LogP contribution in [0.3, 0.4) is 0 Å². The Balaban J connectivity index is 2.08. The number of nitrogens with zero attached hydrogens (tertiary/aromatic N) is 1. The molecule has 9 heteroatoms. The van der Waals surface area contributed by atoms with Crippen LogP contribution < -0.4 is 19.7 Å². The lowest BCUT2D eigenvalue weighted by Crippen LogP contribution is -2.38. The van der Waals surface area contributed by atoms with Crippen molar-refractivity contribution in [3.05, 3.63) is 18.2 Å². The van der Waals surface area contributed by atoms with E-state index in [0.29, 0.717) is 17.2 Å². The SMILES string of the molecule is COc1ccc(N2C[C@@H](C(=O)NCC(F)(F)F)CC2=O)cc1OC. The van der Waals surface area contributed by atoms with Gasteiger partial charge in [-0.05, 0) is 12.1 Å². The normalized spacial score (nSPS) is 17.8. The molecule has 0 aromatic heterocycles. The van der Waals surface area contributed by atoms with E-state index in [1.165, 1.54) is 19.1 Å². The van der Waals surface area contributed by atoms with Gasteiger partial charge in [-0.15, -0.1) is 0 Å². The van der Waals surface area contributed by atoms with Crippen LogP contribution in [0.2, 0.25) is 0 Å². The summed E-state index contributed by atoms with van der Waals surface area (Å²) < 4.78 is 46.7. The number of ether oxygens (including phenoxy) is 2. The highest BCUT2D eigenvalue weighted by atomic mass is 19.4. The third-order valence-electron chi connectivity index (χ3n) is 3.64. The molecule has 1 fully saturated rings. The van der Waals surface area contributed by atoms with E-state index in [1.54, 1.807) is 18.2 Å². The summed E-state index contributed by atoms with van der Waals surface area (Å²) in [5.41, 5.74) is 0.490. The highest BCUT2D eigenvalue weighted by Gasteiger charge is 2.37. The van der Waals surface area contributed by atoms with Crippen molar-refractivity contribution < 1.29 is 32.2 Å². The zero-order chi connectivity index (χ0) is 17.9. The Morgan fingerprint density at radius 2 is 1.96 bits per heavy atom. The van der Waals surface area contributed by atoms with Gasteiger partial charge in [0.05, 0.1) is 20.1 Å². The topological polar surface area (TPSA) is 67.9 Å². The zero-order valence-electron chi connectivity index (χ0n) is 13.1. The molecule has 1 atom stereocenters. The molecule has 0 aliphatic carbocycles. The molecule has 1 heterocycles. The number of nitrogens with one attached hydrogen (secondary N) is 1. The van der Waals surface area contributed by atoms with Gasteiger partial charge < -0.3 is 19.7 Å². The Morgan fingerprint density at radius 3 is 2.54 bits per heavy atom. The van der Waals surface area contributed by atoms with Crippen LogP contribution in [0, 0.1) is 5.92 Å². The van der Waals surface area contributed by atoms with E-state index < -0.39 is 24.5 Å². The average molecular weight is 346 g/mol. The summed E-state index contributed by atoms with van der Waals surface area (Å²) in [4.78, 5) is 25.2. The molecule has 6 nitrogen and oxygen atoms in total. The first kappa shape index (κ1) is 17.9. The van der Waals surface area contributed by atoms with Crippen molar-refractivity contribution in [3.63, 3.8) is 0 Å². The number of amides is 2. The van der Waals surface area contributed by atoms with Crippen molar-refractivity contribution in [2.45, 2.75) is 12.6 Å². The average Bonchev–Trinajstić information content (AvgIpc) is 2.93. The molecule has 0 bridgehead atoms. The number of benzene rings is 1. The molecule has 2 amide bonds. The molecular formula is C15H17F3N2O4.